The van der Waals surface area contributed by atoms with E-state index in [1.807, 2.05) is 47.0 Å². The number of carbonyl (C=O) groups excluding carboxylic acids is 1. The molecule has 1 N–H and O–H groups in total. The van der Waals surface area contributed by atoms with Gasteiger partial charge in [0, 0.05) is 18.8 Å². The maximum Gasteiger partial charge on any atom is 0.230 e. The number of nitrogens with zero attached hydrogens (tertiary/aromatic N) is 4. The fourth-order valence-electron chi connectivity index (χ4n) is 2.37. The summed E-state index contributed by atoms with van der Waals surface area (Å²) in [4.78, 5) is 16.3. The highest BCUT2D eigenvalue weighted by Crippen LogP contribution is 2.28. The second-order valence-corrected chi connectivity index (χ2v) is 6.38. The lowest BCUT2D eigenvalue weighted by Gasteiger charge is -2.11. The largest absolute Gasteiger partial charge is 0.497 e. The maximum atomic E-state index is 11.9. The molecule has 0 radical (unpaired) electrons. The molecular formula is C19H19N5O2S. The summed E-state index contributed by atoms with van der Waals surface area (Å²) in [5.74, 6) is 1.43. The number of pyridine rings is 1. The van der Waals surface area contributed by atoms with Crippen molar-refractivity contribution in [2.75, 3.05) is 19.4 Å². The fraction of sp³-hybridized carbons (Fsp3) is 0.158. The van der Waals surface area contributed by atoms with Crippen LogP contribution < -0.4 is 10.1 Å². The number of rotatable bonds is 8. The third-order valence-electron chi connectivity index (χ3n) is 3.61. The number of nitrogens with one attached hydrogen (secondary N) is 1. The van der Waals surface area contributed by atoms with E-state index < -0.39 is 0 Å². The minimum absolute atomic E-state index is 0.0977. The Morgan fingerprint density at radius 2 is 2.19 bits per heavy atom. The van der Waals surface area contributed by atoms with Gasteiger partial charge in [-0.2, -0.15) is 0 Å². The Bertz CT molecular complexity index is 927. The van der Waals surface area contributed by atoms with Crippen LogP contribution in [0, 0.1) is 0 Å². The average Bonchev–Trinajstić information content (AvgIpc) is 3.15. The molecule has 138 valence electrons. The first-order valence-electron chi connectivity index (χ1n) is 8.24. The summed E-state index contributed by atoms with van der Waals surface area (Å²) in [5.41, 5.74) is 1.52. The van der Waals surface area contributed by atoms with Crippen LogP contribution in [0.5, 0.6) is 5.75 Å². The molecule has 1 aromatic carbocycles. The van der Waals surface area contributed by atoms with Crippen molar-refractivity contribution < 1.29 is 9.53 Å². The lowest BCUT2D eigenvalue weighted by molar-refractivity contribution is -0.118. The standard InChI is InChI=1S/C19H19N5O2S/c1-3-10-21-17(25)13-27-19-23-22-18(16-9-4-5-11-20-16)24(19)14-7-6-8-15(12-14)26-2/h3-9,11-12H,1,10,13H2,2H3,(H,21,25). The zero-order chi connectivity index (χ0) is 19.1. The minimum Gasteiger partial charge on any atom is -0.497 e. The van der Waals surface area contributed by atoms with Gasteiger partial charge in [-0.05, 0) is 24.3 Å². The molecule has 7 nitrogen and oxygen atoms in total. The number of hydrogen-bond donors (Lipinski definition) is 1. The third-order valence-corrected chi connectivity index (χ3v) is 4.54. The van der Waals surface area contributed by atoms with E-state index in [1.54, 1.807) is 19.4 Å². The van der Waals surface area contributed by atoms with Crippen LogP contribution >= 0.6 is 11.8 Å². The first-order valence-corrected chi connectivity index (χ1v) is 9.23. The molecule has 0 bridgehead atoms. The van der Waals surface area contributed by atoms with Gasteiger partial charge in [-0.15, -0.1) is 16.8 Å². The molecule has 0 aliphatic heterocycles. The van der Waals surface area contributed by atoms with E-state index in [2.05, 4.69) is 27.1 Å². The Balaban J connectivity index is 1.97. The topological polar surface area (TPSA) is 81.9 Å². The summed E-state index contributed by atoms with van der Waals surface area (Å²) in [6.45, 7) is 4.02. The molecule has 3 aromatic rings. The summed E-state index contributed by atoms with van der Waals surface area (Å²) in [7, 11) is 1.62. The summed E-state index contributed by atoms with van der Waals surface area (Å²) in [5, 5.41) is 11.9. The van der Waals surface area contributed by atoms with Gasteiger partial charge < -0.3 is 10.1 Å². The van der Waals surface area contributed by atoms with Crippen molar-refractivity contribution in [2.45, 2.75) is 5.16 Å². The van der Waals surface area contributed by atoms with Crippen molar-refractivity contribution in [1.29, 1.82) is 0 Å². The molecule has 0 saturated carbocycles. The van der Waals surface area contributed by atoms with Gasteiger partial charge in [-0.1, -0.05) is 30.0 Å². The van der Waals surface area contributed by atoms with Gasteiger partial charge in [-0.25, -0.2) is 0 Å². The number of carbonyl (C=O) groups is 1. The van der Waals surface area contributed by atoms with Gasteiger partial charge in [0.1, 0.15) is 11.4 Å². The van der Waals surface area contributed by atoms with Gasteiger partial charge in [0.15, 0.2) is 11.0 Å². The van der Waals surface area contributed by atoms with Gasteiger partial charge in [-0.3, -0.25) is 14.3 Å². The molecule has 0 aliphatic rings. The van der Waals surface area contributed by atoms with Gasteiger partial charge in [0.05, 0.1) is 18.6 Å². The Morgan fingerprint density at radius 1 is 1.30 bits per heavy atom. The molecule has 0 aliphatic carbocycles. The molecule has 0 unspecified atom stereocenters. The van der Waals surface area contributed by atoms with Crippen molar-refractivity contribution >= 4 is 17.7 Å². The molecule has 0 atom stereocenters. The first-order chi connectivity index (χ1) is 13.2. The van der Waals surface area contributed by atoms with Crippen LogP contribution in [0.25, 0.3) is 17.2 Å². The van der Waals surface area contributed by atoms with Crippen molar-refractivity contribution in [3.05, 3.63) is 61.3 Å². The molecule has 0 spiro atoms. The number of amides is 1. The molecule has 3 rings (SSSR count). The predicted octanol–water partition coefficient (Wildman–Crippen LogP) is 2.73. The van der Waals surface area contributed by atoms with Crippen LogP contribution in [-0.2, 0) is 4.79 Å². The summed E-state index contributed by atoms with van der Waals surface area (Å²) >= 11 is 1.30. The quantitative estimate of drug-likeness (QED) is 0.477. The number of hydrogen-bond acceptors (Lipinski definition) is 6. The van der Waals surface area contributed by atoms with E-state index in [-0.39, 0.29) is 11.7 Å². The van der Waals surface area contributed by atoms with E-state index in [9.17, 15) is 4.79 Å². The van der Waals surface area contributed by atoms with Crippen molar-refractivity contribution in [3.8, 4) is 23.0 Å². The summed E-state index contributed by atoms with van der Waals surface area (Å²) in [6, 6.07) is 13.2. The zero-order valence-electron chi connectivity index (χ0n) is 14.8. The van der Waals surface area contributed by atoms with Crippen molar-refractivity contribution in [2.24, 2.45) is 0 Å². The van der Waals surface area contributed by atoms with E-state index in [1.165, 1.54) is 11.8 Å². The Morgan fingerprint density at radius 3 is 2.93 bits per heavy atom. The average molecular weight is 381 g/mol. The Hall–Kier alpha value is -3.13. The first kappa shape index (κ1) is 18.7. The van der Waals surface area contributed by atoms with Gasteiger partial charge in [0.2, 0.25) is 5.91 Å². The molecule has 2 heterocycles. The van der Waals surface area contributed by atoms with E-state index in [0.717, 1.165) is 5.69 Å². The lowest BCUT2D eigenvalue weighted by atomic mass is 10.2. The van der Waals surface area contributed by atoms with Crippen LogP contribution in [0.4, 0.5) is 0 Å². The van der Waals surface area contributed by atoms with Crippen LogP contribution in [0.15, 0.2) is 66.5 Å². The molecule has 2 aromatic heterocycles. The van der Waals surface area contributed by atoms with Crippen molar-refractivity contribution in [3.63, 3.8) is 0 Å². The number of thioether (sulfide) groups is 1. The molecular weight excluding hydrogens is 362 g/mol. The summed E-state index contributed by atoms with van der Waals surface area (Å²) in [6.07, 6.45) is 3.34. The minimum atomic E-state index is -0.0977. The third kappa shape index (κ3) is 4.53. The smallest absolute Gasteiger partial charge is 0.230 e. The monoisotopic (exact) mass is 381 g/mol. The Kier molecular flexibility index (Phi) is 6.22. The normalized spacial score (nSPS) is 10.4. The van der Waals surface area contributed by atoms with Crippen molar-refractivity contribution in [1.82, 2.24) is 25.1 Å². The van der Waals surface area contributed by atoms with Crippen LogP contribution in [0.1, 0.15) is 0 Å². The van der Waals surface area contributed by atoms with Gasteiger partial charge >= 0.3 is 0 Å². The highest BCUT2D eigenvalue weighted by atomic mass is 32.2. The second-order valence-electron chi connectivity index (χ2n) is 5.44. The number of benzene rings is 1. The van der Waals surface area contributed by atoms with Crippen LogP contribution in [0.3, 0.4) is 0 Å². The fourth-order valence-corrected chi connectivity index (χ4v) is 3.16. The predicted molar refractivity (Wildman–Crippen MR) is 105 cm³/mol. The highest BCUT2D eigenvalue weighted by Gasteiger charge is 2.18. The molecule has 27 heavy (non-hydrogen) atoms. The SMILES string of the molecule is C=CCNC(=O)CSc1nnc(-c2ccccn2)n1-c1cccc(OC)c1. The second kappa shape index (κ2) is 9.00. The van der Waals surface area contributed by atoms with Crippen LogP contribution in [0.2, 0.25) is 0 Å². The molecule has 0 fully saturated rings. The number of methoxy groups -OCH3 is 1. The number of aromatic nitrogens is 4. The number of ether oxygens (including phenoxy) is 1. The molecule has 8 heteroatoms. The van der Waals surface area contributed by atoms with Crippen LogP contribution in [-0.4, -0.2) is 45.1 Å². The van der Waals surface area contributed by atoms with E-state index >= 15 is 0 Å². The lowest BCUT2D eigenvalue weighted by Crippen LogP contribution is -2.25. The van der Waals surface area contributed by atoms with Gasteiger partial charge in [0.25, 0.3) is 0 Å². The molecule has 1 amide bonds. The Labute approximate surface area is 161 Å². The highest BCUT2D eigenvalue weighted by molar-refractivity contribution is 7.99. The van der Waals surface area contributed by atoms with E-state index in [4.69, 9.17) is 4.74 Å². The van der Waals surface area contributed by atoms with E-state index in [0.29, 0.717) is 29.0 Å². The summed E-state index contributed by atoms with van der Waals surface area (Å²) < 4.78 is 7.20. The zero-order valence-corrected chi connectivity index (χ0v) is 15.6. The maximum absolute atomic E-state index is 11.9. The molecule has 0 saturated heterocycles.